The van der Waals surface area contributed by atoms with Crippen LogP contribution in [-0.4, -0.2) is 19.0 Å². The fourth-order valence-electron chi connectivity index (χ4n) is 1.44. The van der Waals surface area contributed by atoms with Crippen molar-refractivity contribution in [3.63, 3.8) is 0 Å². The van der Waals surface area contributed by atoms with Crippen molar-refractivity contribution < 1.29 is 9.47 Å². The molecule has 0 aromatic heterocycles. The Morgan fingerprint density at radius 3 is 2.58 bits per heavy atom. The van der Waals surface area contributed by atoms with Crippen LogP contribution >= 0.6 is 0 Å². The minimum absolute atomic E-state index is 0.291. The molecule has 0 N–H and O–H groups in total. The Morgan fingerprint density at radius 2 is 2.00 bits per heavy atom. The predicted octanol–water partition coefficient (Wildman–Crippen LogP) is 2.50. The van der Waals surface area contributed by atoms with E-state index in [1.165, 1.54) is 6.42 Å². The van der Waals surface area contributed by atoms with Crippen LogP contribution in [-0.2, 0) is 9.47 Å². The summed E-state index contributed by atoms with van der Waals surface area (Å²) < 4.78 is 10.9. The summed E-state index contributed by atoms with van der Waals surface area (Å²) in [4.78, 5) is 0. The van der Waals surface area contributed by atoms with Gasteiger partial charge in [-0.2, -0.15) is 0 Å². The van der Waals surface area contributed by atoms with Crippen LogP contribution in [0, 0.1) is 0 Å². The summed E-state index contributed by atoms with van der Waals surface area (Å²) in [6.45, 7) is 7.20. The summed E-state index contributed by atoms with van der Waals surface area (Å²) in [5.41, 5.74) is 0. The summed E-state index contributed by atoms with van der Waals surface area (Å²) in [6.07, 6.45) is 6.39. The van der Waals surface area contributed by atoms with E-state index in [-0.39, 0.29) is 5.79 Å². The molecule has 0 bridgehead atoms. The molecule has 70 valence electrons. The highest BCUT2D eigenvalue weighted by molar-refractivity contribution is 4.70. The summed E-state index contributed by atoms with van der Waals surface area (Å²) in [5, 5.41) is 0. The molecular weight excluding hydrogens is 152 g/mol. The number of rotatable bonds is 5. The maximum absolute atomic E-state index is 5.47. The van der Waals surface area contributed by atoms with Gasteiger partial charge in [0, 0.05) is 6.42 Å². The molecule has 2 heteroatoms. The minimum Gasteiger partial charge on any atom is -0.348 e. The fraction of sp³-hybridized carbons (Fsp3) is 0.800. The number of hydrogen-bond acceptors (Lipinski definition) is 2. The quantitative estimate of drug-likeness (QED) is 0.466. The summed E-state index contributed by atoms with van der Waals surface area (Å²) in [7, 11) is 0. The molecule has 0 unspecified atom stereocenters. The van der Waals surface area contributed by atoms with E-state index in [0.717, 1.165) is 32.5 Å². The molecule has 2 nitrogen and oxygen atoms in total. The molecule has 1 aliphatic heterocycles. The van der Waals surface area contributed by atoms with Gasteiger partial charge in [0.15, 0.2) is 5.79 Å². The smallest absolute Gasteiger partial charge is 0.165 e. The first kappa shape index (κ1) is 9.75. The first-order valence-electron chi connectivity index (χ1n) is 4.66. The average Bonchev–Trinajstić information content (AvgIpc) is 2.47. The zero-order chi connectivity index (χ0) is 8.86. The lowest BCUT2D eigenvalue weighted by Crippen LogP contribution is -2.24. The summed E-state index contributed by atoms with van der Waals surface area (Å²) in [6, 6.07) is 0. The molecule has 0 radical (unpaired) electrons. The summed E-state index contributed by atoms with van der Waals surface area (Å²) in [5.74, 6) is -0.291. The minimum atomic E-state index is -0.291. The van der Waals surface area contributed by atoms with Crippen molar-refractivity contribution in [2.75, 3.05) is 13.2 Å². The van der Waals surface area contributed by atoms with Crippen LogP contribution < -0.4 is 0 Å². The Balaban J connectivity index is 2.08. The van der Waals surface area contributed by atoms with Gasteiger partial charge in [-0.25, -0.2) is 0 Å². The van der Waals surface area contributed by atoms with Crippen LogP contribution in [0.3, 0.4) is 0 Å². The molecule has 0 saturated carbocycles. The van der Waals surface area contributed by atoms with Crippen LogP contribution in [0.15, 0.2) is 12.7 Å². The summed E-state index contributed by atoms with van der Waals surface area (Å²) >= 11 is 0. The zero-order valence-electron chi connectivity index (χ0n) is 7.84. The first-order valence-corrected chi connectivity index (χ1v) is 4.66. The molecule has 0 aromatic rings. The average molecular weight is 170 g/mol. The van der Waals surface area contributed by atoms with Gasteiger partial charge in [-0.1, -0.05) is 6.08 Å². The molecule has 1 heterocycles. The van der Waals surface area contributed by atoms with Gasteiger partial charge in [0.2, 0.25) is 0 Å². The monoisotopic (exact) mass is 170 g/mol. The number of ether oxygens (including phenoxy) is 2. The maximum Gasteiger partial charge on any atom is 0.165 e. The normalized spacial score (nSPS) is 21.1. The van der Waals surface area contributed by atoms with Crippen molar-refractivity contribution in [3.8, 4) is 0 Å². The van der Waals surface area contributed by atoms with Crippen molar-refractivity contribution in [3.05, 3.63) is 12.7 Å². The maximum atomic E-state index is 5.47. The third-order valence-electron chi connectivity index (χ3n) is 2.19. The number of hydrogen-bond donors (Lipinski definition) is 0. The van der Waals surface area contributed by atoms with Gasteiger partial charge in [0.05, 0.1) is 13.2 Å². The zero-order valence-corrected chi connectivity index (χ0v) is 7.84. The van der Waals surface area contributed by atoms with E-state index in [0.29, 0.717) is 0 Å². The van der Waals surface area contributed by atoms with E-state index in [1.54, 1.807) is 0 Å². The molecule has 1 rings (SSSR count). The molecule has 1 fully saturated rings. The SMILES string of the molecule is C=CCCCCC1(C)OCCO1. The van der Waals surface area contributed by atoms with Gasteiger partial charge >= 0.3 is 0 Å². The molecule has 0 spiro atoms. The Labute approximate surface area is 74.6 Å². The third-order valence-corrected chi connectivity index (χ3v) is 2.19. The highest BCUT2D eigenvalue weighted by Crippen LogP contribution is 2.24. The third kappa shape index (κ3) is 2.95. The molecule has 0 aliphatic carbocycles. The lowest BCUT2D eigenvalue weighted by atomic mass is 10.1. The van der Waals surface area contributed by atoms with Crippen molar-refractivity contribution in [2.24, 2.45) is 0 Å². The van der Waals surface area contributed by atoms with Crippen LogP contribution in [0.2, 0.25) is 0 Å². The Morgan fingerprint density at radius 1 is 1.33 bits per heavy atom. The van der Waals surface area contributed by atoms with E-state index < -0.39 is 0 Å². The Hall–Kier alpha value is -0.340. The van der Waals surface area contributed by atoms with Gasteiger partial charge < -0.3 is 9.47 Å². The highest BCUT2D eigenvalue weighted by atomic mass is 16.7. The molecule has 1 saturated heterocycles. The van der Waals surface area contributed by atoms with Crippen LogP contribution in [0.25, 0.3) is 0 Å². The lowest BCUT2D eigenvalue weighted by Gasteiger charge is -2.21. The second-order valence-electron chi connectivity index (χ2n) is 3.37. The molecule has 0 amide bonds. The standard InChI is InChI=1S/C10H18O2/c1-3-4-5-6-7-10(2)11-8-9-12-10/h3H,1,4-9H2,2H3. The Kier molecular flexibility index (Phi) is 3.76. The molecule has 12 heavy (non-hydrogen) atoms. The van der Waals surface area contributed by atoms with Gasteiger partial charge in [-0.15, -0.1) is 6.58 Å². The molecular formula is C10H18O2. The largest absolute Gasteiger partial charge is 0.348 e. The van der Waals surface area contributed by atoms with Crippen LogP contribution in [0.5, 0.6) is 0 Å². The number of allylic oxidation sites excluding steroid dienone is 1. The van der Waals surface area contributed by atoms with Crippen molar-refractivity contribution in [1.82, 2.24) is 0 Å². The van der Waals surface area contributed by atoms with E-state index in [1.807, 2.05) is 13.0 Å². The Bertz CT molecular complexity index is 137. The highest BCUT2D eigenvalue weighted by Gasteiger charge is 2.29. The van der Waals surface area contributed by atoms with E-state index in [4.69, 9.17) is 9.47 Å². The number of unbranched alkanes of at least 4 members (excludes halogenated alkanes) is 2. The second-order valence-corrected chi connectivity index (χ2v) is 3.37. The van der Waals surface area contributed by atoms with Gasteiger partial charge in [-0.05, 0) is 26.2 Å². The topological polar surface area (TPSA) is 18.5 Å². The fourth-order valence-corrected chi connectivity index (χ4v) is 1.44. The van der Waals surface area contributed by atoms with Crippen molar-refractivity contribution in [2.45, 2.75) is 38.4 Å². The van der Waals surface area contributed by atoms with Gasteiger partial charge in [-0.3, -0.25) is 0 Å². The lowest BCUT2D eigenvalue weighted by molar-refractivity contribution is -0.147. The second kappa shape index (κ2) is 4.63. The van der Waals surface area contributed by atoms with Crippen molar-refractivity contribution >= 4 is 0 Å². The molecule has 0 aromatic carbocycles. The molecule has 1 aliphatic rings. The van der Waals surface area contributed by atoms with Gasteiger partial charge in [0.25, 0.3) is 0 Å². The van der Waals surface area contributed by atoms with Crippen molar-refractivity contribution in [1.29, 1.82) is 0 Å². The molecule has 0 atom stereocenters. The van der Waals surface area contributed by atoms with E-state index >= 15 is 0 Å². The van der Waals surface area contributed by atoms with E-state index in [9.17, 15) is 0 Å². The van der Waals surface area contributed by atoms with Gasteiger partial charge in [0.1, 0.15) is 0 Å². The first-order chi connectivity index (χ1) is 5.77. The van der Waals surface area contributed by atoms with Crippen LogP contribution in [0.4, 0.5) is 0 Å². The van der Waals surface area contributed by atoms with E-state index in [2.05, 4.69) is 6.58 Å². The van der Waals surface area contributed by atoms with Crippen LogP contribution in [0.1, 0.15) is 32.6 Å². The predicted molar refractivity (Wildman–Crippen MR) is 49.0 cm³/mol.